The van der Waals surface area contributed by atoms with Crippen molar-refractivity contribution in [3.63, 3.8) is 0 Å². The van der Waals surface area contributed by atoms with E-state index in [1.165, 1.54) is 36.5 Å². The summed E-state index contributed by atoms with van der Waals surface area (Å²) < 4.78 is 26.5. The van der Waals surface area contributed by atoms with Gasteiger partial charge in [0.05, 0.1) is 10.5 Å². The highest BCUT2D eigenvalue weighted by Gasteiger charge is 2.15. The molecule has 0 unspecified atom stereocenters. The van der Waals surface area contributed by atoms with Crippen molar-refractivity contribution in [2.24, 2.45) is 0 Å². The first kappa shape index (κ1) is 17.4. The van der Waals surface area contributed by atoms with Gasteiger partial charge in [0.2, 0.25) is 10.0 Å². The van der Waals surface area contributed by atoms with Crippen molar-refractivity contribution in [1.29, 1.82) is 0 Å². The minimum Gasteiger partial charge on any atom is -0.322 e. The molecule has 6 nitrogen and oxygen atoms in total. The predicted octanol–water partition coefficient (Wildman–Crippen LogP) is 2.67. The molecule has 8 heteroatoms. The van der Waals surface area contributed by atoms with E-state index in [-0.39, 0.29) is 16.8 Å². The Morgan fingerprint density at radius 3 is 2.30 bits per heavy atom. The monoisotopic (exact) mass is 353 g/mol. The van der Waals surface area contributed by atoms with E-state index in [1.54, 1.807) is 19.9 Å². The molecule has 0 bridgehead atoms. The Morgan fingerprint density at radius 2 is 1.78 bits per heavy atom. The van der Waals surface area contributed by atoms with Gasteiger partial charge in [0, 0.05) is 17.9 Å². The van der Waals surface area contributed by atoms with Crippen LogP contribution in [0.25, 0.3) is 0 Å². The van der Waals surface area contributed by atoms with Crippen molar-refractivity contribution in [2.75, 3.05) is 5.32 Å². The molecule has 1 aromatic carbocycles. The number of carbonyl (C=O) groups is 1. The van der Waals surface area contributed by atoms with Crippen molar-refractivity contribution in [2.45, 2.75) is 24.8 Å². The molecule has 2 N–H and O–H groups in total. The summed E-state index contributed by atoms with van der Waals surface area (Å²) in [5.74, 6) is -0.356. The third kappa shape index (κ3) is 4.75. The van der Waals surface area contributed by atoms with Gasteiger partial charge in [0.15, 0.2) is 0 Å². The van der Waals surface area contributed by atoms with E-state index < -0.39 is 10.0 Å². The van der Waals surface area contributed by atoms with E-state index in [0.717, 1.165) is 0 Å². The van der Waals surface area contributed by atoms with E-state index >= 15 is 0 Å². The van der Waals surface area contributed by atoms with Crippen LogP contribution in [-0.4, -0.2) is 25.4 Å². The maximum atomic E-state index is 12.0. The fraction of sp³-hybridized carbons (Fsp3) is 0.200. The molecular weight excluding hydrogens is 338 g/mol. The highest BCUT2D eigenvalue weighted by molar-refractivity contribution is 7.89. The Hall–Kier alpha value is -1.96. The summed E-state index contributed by atoms with van der Waals surface area (Å²) >= 11 is 5.67. The fourth-order valence-corrected chi connectivity index (χ4v) is 3.17. The molecule has 1 amide bonds. The van der Waals surface area contributed by atoms with Crippen LogP contribution in [0.1, 0.15) is 24.2 Å². The van der Waals surface area contributed by atoms with Gasteiger partial charge in [0.25, 0.3) is 5.91 Å². The second-order valence-electron chi connectivity index (χ2n) is 5.12. The number of rotatable bonds is 5. The SMILES string of the molecule is CC(C)NS(=O)(=O)c1ccc(NC(=O)c2ccc(Cl)nc2)cc1. The molecular formula is C15H16ClN3O3S. The van der Waals surface area contributed by atoms with Crippen LogP contribution in [0.4, 0.5) is 5.69 Å². The summed E-state index contributed by atoms with van der Waals surface area (Å²) in [4.78, 5) is 16.0. The molecule has 2 aromatic rings. The molecule has 122 valence electrons. The van der Waals surface area contributed by atoms with Crippen molar-refractivity contribution in [3.8, 4) is 0 Å². The molecule has 0 aliphatic rings. The Morgan fingerprint density at radius 1 is 1.13 bits per heavy atom. The highest BCUT2D eigenvalue weighted by atomic mass is 35.5. The van der Waals surface area contributed by atoms with Crippen LogP contribution in [0.5, 0.6) is 0 Å². The molecule has 1 aromatic heterocycles. The van der Waals surface area contributed by atoms with Gasteiger partial charge in [-0.2, -0.15) is 0 Å². The van der Waals surface area contributed by atoms with Crippen LogP contribution >= 0.6 is 11.6 Å². The first-order chi connectivity index (χ1) is 10.8. The van der Waals surface area contributed by atoms with Crippen molar-refractivity contribution < 1.29 is 13.2 Å². The van der Waals surface area contributed by atoms with Crippen LogP contribution in [-0.2, 0) is 10.0 Å². The number of carbonyl (C=O) groups excluding carboxylic acids is 1. The number of nitrogens with zero attached hydrogens (tertiary/aromatic N) is 1. The van der Waals surface area contributed by atoms with E-state index in [9.17, 15) is 13.2 Å². The molecule has 0 aliphatic carbocycles. The molecule has 0 fully saturated rings. The van der Waals surface area contributed by atoms with Crippen LogP contribution in [0.3, 0.4) is 0 Å². The molecule has 1 heterocycles. The molecule has 0 saturated carbocycles. The summed E-state index contributed by atoms with van der Waals surface area (Å²) in [6.07, 6.45) is 1.36. The van der Waals surface area contributed by atoms with Gasteiger partial charge in [0.1, 0.15) is 5.15 Å². The summed E-state index contributed by atoms with van der Waals surface area (Å²) in [7, 11) is -3.55. The smallest absolute Gasteiger partial charge is 0.257 e. The number of nitrogens with one attached hydrogen (secondary N) is 2. The number of hydrogen-bond acceptors (Lipinski definition) is 4. The maximum Gasteiger partial charge on any atom is 0.257 e. The first-order valence-electron chi connectivity index (χ1n) is 6.83. The molecule has 2 rings (SSSR count). The minimum absolute atomic E-state index is 0.136. The van der Waals surface area contributed by atoms with Crippen LogP contribution in [0.15, 0.2) is 47.5 Å². The van der Waals surface area contributed by atoms with E-state index in [0.29, 0.717) is 16.4 Å². The van der Waals surface area contributed by atoms with Gasteiger partial charge in [-0.3, -0.25) is 4.79 Å². The average molecular weight is 354 g/mol. The molecule has 0 aliphatic heterocycles. The third-order valence-corrected chi connectivity index (χ3v) is 4.70. The number of halogens is 1. The van der Waals surface area contributed by atoms with Gasteiger partial charge in [-0.15, -0.1) is 0 Å². The molecule has 0 spiro atoms. The lowest BCUT2D eigenvalue weighted by Crippen LogP contribution is -2.30. The van der Waals surface area contributed by atoms with Gasteiger partial charge in [-0.1, -0.05) is 11.6 Å². The number of anilines is 1. The van der Waals surface area contributed by atoms with Gasteiger partial charge in [-0.05, 0) is 50.2 Å². The van der Waals surface area contributed by atoms with Crippen molar-refractivity contribution in [1.82, 2.24) is 9.71 Å². The lowest BCUT2D eigenvalue weighted by molar-refractivity contribution is 0.102. The van der Waals surface area contributed by atoms with Gasteiger partial charge in [-0.25, -0.2) is 18.1 Å². The lowest BCUT2D eigenvalue weighted by Gasteiger charge is -2.10. The van der Waals surface area contributed by atoms with Gasteiger partial charge >= 0.3 is 0 Å². The first-order valence-corrected chi connectivity index (χ1v) is 8.69. The largest absolute Gasteiger partial charge is 0.322 e. The van der Waals surface area contributed by atoms with Crippen LogP contribution < -0.4 is 10.0 Å². The number of aromatic nitrogens is 1. The van der Waals surface area contributed by atoms with Crippen molar-refractivity contribution in [3.05, 3.63) is 53.3 Å². The summed E-state index contributed by atoms with van der Waals surface area (Å²) in [5.41, 5.74) is 0.834. The summed E-state index contributed by atoms with van der Waals surface area (Å²) in [5, 5.41) is 2.96. The quantitative estimate of drug-likeness (QED) is 0.809. The topological polar surface area (TPSA) is 88.2 Å². The number of sulfonamides is 1. The summed E-state index contributed by atoms with van der Waals surface area (Å²) in [6.45, 7) is 3.48. The normalized spacial score (nSPS) is 11.5. The maximum absolute atomic E-state index is 12.0. The third-order valence-electron chi connectivity index (χ3n) is 2.80. The van der Waals surface area contributed by atoms with Crippen LogP contribution in [0.2, 0.25) is 5.15 Å². The van der Waals surface area contributed by atoms with Crippen molar-refractivity contribution >= 4 is 33.2 Å². The average Bonchev–Trinajstić information content (AvgIpc) is 2.47. The van der Waals surface area contributed by atoms with Gasteiger partial charge < -0.3 is 5.32 Å². The Labute approximate surface area is 139 Å². The molecule has 0 atom stereocenters. The fourth-order valence-electron chi connectivity index (χ4n) is 1.81. The standard InChI is InChI=1S/C15H16ClN3O3S/c1-10(2)19-23(21,22)13-6-4-12(5-7-13)18-15(20)11-3-8-14(16)17-9-11/h3-10,19H,1-2H3,(H,18,20). The number of pyridine rings is 1. The molecule has 0 saturated heterocycles. The molecule has 0 radical (unpaired) electrons. The summed E-state index contributed by atoms with van der Waals surface area (Å²) in [6, 6.07) is 8.78. The van der Waals surface area contributed by atoms with E-state index in [1.807, 2.05) is 0 Å². The number of benzene rings is 1. The number of hydrogen-bond donors (Lipinski definition) is 2. The van der Waals surface area contributed by atoms with E-state index in [2.05, 4.69) is 15.0 Å². The zero-order valence-corrected chi connectivity index (χ0v) is 14.1. The van der Waals surface area contributed by atoms with Crippen LogP contribution in [0, 0.1) is 0 Å². The second kappa shape index (κ2) is 7.08. The highest BCUT2D eigenvalue weighted by Crippen LogP contribution is 2.15. The zero-order valence-electron chi connectivity index (χ0n) is 12.6. The predicted molar refractivity (Wildman–Crippen MR) is 89.1 cm³/mol. The second-order valence-corrected chi connectivity index (χ2v) is 7.23. The molecule has 23 heavy (non-hydrogen) atoms. The Bertz CT molecular complexity index is 788. The minimum atomic E-state index is -3.55. The Kier molecular flexibility index (Phi) is 5.35. The Balaban J connectivity index is 2.11. The van der Waals surface area contributed by atoms with E-state index in [4.69, 9.17) is 11.6 Å². The zero-order chi connectivity index (χ0) is 17.0. The lowest BCUT2D eigenvalue weighted by atomic mass is 10.2. The number of amides is 1.